The number of ketones is 1. The molecular formula is C31H32FN7O7. The number of amides is 3. The van der Waals surface area contributed by atoms with Crippen LogP contribution >= 0.6 is 0 Å². The van der Waals surface area contributed by atoms with E-state index in [-0.39, 0.29) is 48.5 Å². The lowest BCUT2D eigenvalue weighted by molar-refractivity contribution is -0.137. The van der Waals surface area contributed by atoms with E-state index in [1.165, 1.54) is 34.7 Å². The summed E-state index contributed by atoms with van der Waals surface area (Å²) in [5.41, 5.74) is 1.63. The molecule has 0 bridgehead atoms. The van der Waals surface area contributed by atoms with Gasteiger partial charge in [0.05, 0.1) is 30.0 Å². The Bertz CT molecular complexity index is 1860. The minimum atomic E-state index is -1.21. The first kappa shape index (κ1) is 31.9. The van der Waals surface area contributed by atoms with Crippen molar-refractivity contribution in [3.8, 4) is 11.1 Å². The molecule has 0 atom stereocenters. The van der Waals surface area contributed by atoms with Gasteiger partial charge in [-0.3, -0.25) is 28.7 Å². The van der Waals surface area contributed by atoms with Crippen molar-refractivity contribution >= 4 is 57.2 Å². The molecule has 46 heavy (non-hydrogen) atoms. The molecule has 14 nitrogen and oxygen atoms in total. The van der Waals surface area contributed by atoms with Crippen LogP contribution in [0, 0.1) is 11.7 Å². The van der Waals surface area contributed by atoms with Crippen molar-refractivity contribution in [2.24, 2.45) is 5.92 Å². The summed E-state index contributed by atoms with van der Waals surface area (Å²) < 4.78 is 18.2. The molecular weight excluding hydrogens is 601 g/mol. The number of hydrogen-bond donors (Lipinski definition) is 3. The van der Waals surface area contributed by atoms with Crippen molar-refractivity contribution in [3.63, 3.8) is 0 Å². The average molecular weight is 634 g/mol. The molecule has 0 aliphatic carbocycles. The predicted molar refractivity (Wildman–Crippen MR) is 162 cm³/mol. The predicted octanol–water partition coefficient (Wildman–Crippen LogP) is 1.76. The maximum atomic E-state index is 15.5. The first-order valence-electron chi connectivity index (χ1n) is 14.7. The highest BCUT2D eigenvalue weighted by molar-refractivity contribution is 5.99. The second kappa shape index (κ2) is 13.7. The molecule has 1 saturated heterocycles. The van der Waals surface area contributed by atoms with Crippen molar-refractivity contribution in [1.29, 1.82) is 0 Å². The summed E-state index contributed by atoms with van der Waals surface area (Å²) in [5.74, 6) is -3.74. The number of carboxylic acid groups (broad SMARTS) is 1. The summed E-state index contributed by atoms with van der Waals surface area (Å²) in [6.07, 6.45) is 4.16. The van der Waals surface area contributed by atoms with E-state index < -0.39 is 36.7 Å². The van der Waals surface area contributed by atoms with Gasteiger partial charge in [0, 0.05) is 48.2 Å². The molecule has 3 heterocycles. The van der Waals surface area contributed by atoms with Crippen molar-refractivity contribution in [1.82, 2.24) is 35.1 Å². The number of halogens is 1. The van der Waals surface area contributed by atoms with Gasteiger partial charge in [-0.15, -0.1) is 0 Å². The van der Waals surface area contributed by atoms with Crippen LogP contribution in [0.5, 0.6) is 0 Å². The number of hydrogen-bond acceptors (Lipinski definition) is 8. The molecule has 1 aliphatic rings. The number of carbonyl (C=O) groups is 6. The lowest BCUT2D eigenvalue weighted by atomic mass is 9.95. The molecule has 4 aromatic rings. The molecule has 15 heteroatoms. The summed E-state index contributed by atoms with van der Waals surface area (Å²) in [5, 5.41) is 22.7. The Labute approximate surface area is 261 Å². The number of likely N-dealkylation sites (tertiary alicyclic amines) is 1. The molecule has 5 rings (SSSR count). The van der Waals surface area contributed by atoms with Crippen molar-refractivity contribution in [3.05, 3.63) is 48.5 Å². The third-order valence-electron chi connectivity index (χ3n) is 7.91. The fraction of sp³-hybridized carbons (Fsp3) is 0.355. The standard InChI is InChI=1S/C31H32FN7O7/c1-18(40)5-6-29(43)37-9-7-19(8-10-37)31(46)39-26-12-22(24(32)11-20(26)13-36-39)21-3-2-4-25-23(21)14-35-38(25)17-28(42)33-15-27(41)34-16-30(44)45/h2-4,11-14,19H,5-10,15-17H2,1H3,(H,33,42)(H,34,41)(H,44,45). The van der Waals surface area contributed by atoms with E-state index in [0.29, 0.717) is 53.3 Å². The van der Waals surface area contributed by atoms with E-state index in [1.54, 1.807) is 29.2 Å². The maximum Gasteiger partial charge on any atom is 0.322 e. The third-order valence-corrected chi connectivity index (χ3v) is 7.91. The van der Waals surface area contributed by atoms with Crippen LogP contribution in [0.15, 0.2) is 42.7 Å². The molecule has 3 amide bonds. The second-order valence-corrected chi connectivity index (χ2v) is 11.1. The van der Waals surface area contributed by atoms with Crippen LogP contribution in [0.3, 0.4) is 0 Å². The van der Waals surface area contributed by atoms with Crippen LogP contribution in [-0.4, -0.2) is 91.1 Å². The van der Waals surface area contributed by atoms with Crippen LogP contribution in [0.4, 0.5) is 4.39 Å². The molecule has 0 spiro atoms. The fourth-order valence-corrected chi connectivity index (χ4v) is 5.49. The summed E-state index contributed by atoms with van der Waals surface area (Å²) in [6, 6.07) is 7.96. The summed E-state index contributed by atoms with van der Waals surface area (Å²) in [6.45, 7) is 1.02. The van der Waals surface area contributed by atoms with Gasteiger partial charge in [-0.1, -0.05) is 12.1 Å². The zero-order valence-electron chi connectivity index (χ0n) is 25.0. The molecule has 240 valence electrons. The molecule has 0 unspecified atom stereocenters. The van der Waals surface area contributed by atoms with E-state index in [4.69, 9.17) is 5.11 Å². The lowest BCUT2D eigenvalue weighted by Crippen LogP contribution is -2.41. The molecule has 1 aliphatic heterocycles. The van der Waals surface area contributed by atoms with Crippen molar-refractivity contribution in [2.75, 3.05) is 26.2 Å². The van der Waals surface area contributed by atoms with Gasteiger partial charge in [0.1, 0.15) is 24.7 Å². The maximum absolute atomic E-state index is 15.5. The van der Waals surface area contributed by atoms with Crippen LogP contribution in [0.25, 0.3) is 32.9 Å². The normalized spacial score (nSPS) is 13.6. The number of fused-ring (bicyclic) bond motifs is 2. The van der Waals surface area contributed by atoms with Gasteiger partial charge in [-0.2, -0.15) is 14.9 Å². The van der Waals surface area contributed by atoms with Crippen LogP contribution in [-0.2, 0) is 30.5 Å². The van der Waals surface area contributed by atoms with Crippen molar-refractivity contribution in [2.45, 2.75) is 39.2 Å². The van der Waals surface area contributed by atoms with Gasteiger partial charge in [-0.05, 0) is 43.5 Å². The molecule has 1 fully saturated rings. The van der Waals surface area contributed by atoms with E-state index in [2.05, 4.69) is 20.8 Å². The van der Waals surface area contributed by atoms with E-state index in [1.807, 2.05) is 0 Å². The minimum absolute atomic E-state index is 0.0488. The van der Waals surface area contributed by atoms with Gasteiger partial charge in [0.25, 0.3) is 5.91 Å². The fourth-order valence-electron chi connectivity index (χ4n) is 5.49. The number of carboxylic acids is 1. The minimum Gasteiger partial charge on any atom is -0.480 e. The van der Waals surface area contributed by atoms with E-state index >= 15 is 4.39 Å². The number of piperidine rings is 1. The van der Waals surface area contributed by atoms with E-state index in [0.717, 1.165) is 0 Å². The van der Waals surface area contributed by atoms with Crippen LogP contribution < -0.4 is 10.6 Å². The first-order chi connectivity index (χ1) is 22.0. The number of nitrogens with one attached hydrogen (secondary N) is 2. The van der Waals surface area contributed by atoms with Gasteiger partial charge in [0.15, 0.2) is 0 Å². The first-order valence-corrected chi connectivity index (χ1v) is 14.7. The Balaban J connectivity index is 1.32. The molecule has 2 aromatic heterocycles. The van der Waals surface area contributed by atoms with Crippen LogP contribution in [0.1, 0.15) is 37.4 Å². The van der Waals surface area contributed by atoms with Gasteiger partial charge < -0.3 is 25.4 Å². The Morgan fingerprint density at radius 3 is 2.37 bits per heavy atom. The van der Waals surface area contributed by atoms with Gasteiger partial charge in [0.2, 0.25) is 17.7 Å². The number of aromatic nitrogens is 4. The van der Waals surface area contributed by atoms with Crippen LogP contribution in [0.2, 0.25) is 0 Å². The summed E-state index contributed by atoms with van der Waals surface area (Å²) in [7, 11) is 0. The quantitative estimate of drug-likeness (QED) is 0.221. The highest BCUT2D eigenvalue weighted by Gasteiger charge is 2.29. The van der Waals surface area contributed by atoms with E-state index in [9.17, 15) is 28.8 Å². The zero-order valence-corrected chi connectivity index (χ0v) is 25.0. The molecule has 2 aromatic carbocycles. The largest absolute Gasteiger partial charge is 0.480 e. The smallest absolute Gasteiger partial charge is 0.322 e. The number of rotatable bonds is 11. The Morgan fingerprint density at radius 1 is 0.913 bits per heavy atom. The molecule has 0 radical (unpaired) electrons. The third kappa shape index (κ3) is 7.08. The lowest BCUT2D eigenvalue weighted by Gasteiger charge is -2.31. The SMILES string of the molecule is CC(=O)CCC(=O)N1CCC(C(=O)n2ncc3cc(F)c(-c4cccc5c4cnn5CC(=O)NCC(=O)NCC(=O)O)cc32)CC1. The Morgan fingerprint density at radius 2 is 1.65 bits per heavy atom. The molecule has 0 saturated carbocycles. The average Bonchev–Trinajstić information content (AvgIpc) is 3.64. The number of benzene rings is 2. The monoisotopic (exact) mass is 633 g/mol. The topological polar surface area (TPSA) is 186 Å². The number of nitrogens with zero attached hydrogens (tertiary/aromatic N) is 5. The highest BCUT2D eigenvalue weighted by atomic mass is 19.1. The number of carbonyl (C=O) groups excluding carboxylic acids is 5. The van der Waals surface area contributed by atoms with Gasteiger partial charge >= 0.3 is 5.97 Å². The number of Topliss-reactive ketones (excluding diaryl/α,β-unsaturated/α-hetero) is 1. The van der Waals surface area contributed by atoms with Crippen molar-refractivity contribution < 1.29 is 38.3 Å². The Hall–Kier alpha value is -5.47. The Kier molecular flexibility index (Phi) is 9.49. The summed E-state index contributed by atoms with van der Waals surface area (Å²) in [4.78, 5) is 73.6. The molecule has 3 N–H and O–H groups in total. The zero-order chi connectivity index (χ0) is 33.0. The highest BCUT2D eigenvalue weighted by Crippen LogP contribution is 2.33. The second-order valence-electron chi connectivity index (χ2n) is 11.1. The van der Waals surface area contributed by atoms with Gasteiger partial charge in [-0.25, -0.2) is 4.39 Å². The number of aliphatic carboxylic acids is 1. The summed E-state index contributed by atoms with van der Waals surface area (Å²) >= 11 is 0.